The van der Waals surface area contributed by atoms with Gasteiger partial charge in [0.15, 0.2) is 5.82 Å². The summed E-state index contributed by atoms with van der Waals surface area (Å²) in [7, 11) is 0. The van der Waals surface area contributed by atoms with E-state index >= 15 is 0 Å². The van der Waals surface area contributed by atoms with Crippen LogP contribution in [0.25, 0.3) is 0 Å². The zero-order valence-electron chi connectivity index (χ0n) is 14.3. The van der Waals surface area contributed by atoms with Crippen molar-refractivity contribution >= 4 is 11.8 Å². The van der Waals surface area contributed by atoms with Crippen LogP contribution in [0.15, 0.2) is 42.9 Å². The van der Waals surface area contributed by atoms with Gasteiger partial charge in [-0.1, -0.05) is 12.1 Å². The summed E-state index contributed by atoms with van der Waals surface area (Å²) in [4.78, 5) is 23.8. The van der Waals surface area contributed by atoms with Crippen LogP contribution in [0.1, 0.15) is 5.56 Å². The first-order valence-corrected chi connectivity index (χ1v) is 8.28. The lowest BCUT2D eigenvalue weighted by molar-refractivity contribution is -0.274. The van der Waals surface area contributed by atoms with E-state index in [0.717, 1.165) is 0 Å². The number of aromatic nitrogens is 2. The molecule has 0 saturated carbocycles. The zero-order chi connectivity index (χ0) is 19.3. The van der Waals surface area contributed by atoms with Gasteiger partial charge >= 0.3 is 12.4 Å². The van der Waals surface area contributed by atoms with Gasteiger partial charge in [-0.05, 0) is 17.7 Å². The van der Waals surface area contributed by atoms with Gasteiger partial charge in [0.1, 0.15) is 5.75 Å². The summed E-state index contributed by atoms with van der Waals surface area (Å²) in [6, 6.07) is 5.67. The molecular weight excluding hydrogens is 363 g/mol. The fourth-order valence-electron chi connectivity index (χ4n) is 2.76. The third-order valence-corrected chi connectivity index (χ3v) is 4.00. The number of hydrogen-bond acceptors (Lipinski definition) is 5. The minimum atomic E-state index is -4.71. The van der Waals surface area contributed by atoms with Gasteiger partial charge in [0, 0.05) is 45.1 Å². The minimum Gasteiger partial charge on any atom is -0.406 e. The second-order valence-electron chi connectivity index (χ2n) is 5.98. The van der Waals surface area contributed by atoms with Crippen molar-refractivity contribution in [1.82, 2.24) is 19.8 Å². The highest BCUT2D eigenvalue weighted by atomic mass is 19.4. The Morgan fingerprint density at radius 1 is 1.19 bits per heavy atom. The van der Waals surface area contributed by atoms with E-state index in [1.807, 2.05) is 0 Å². The lowest BCUT2D eigenvalue weighted by Gasteiger charge is -2.34. The normalized spacial score (nSPS) is 15.4. The summed E-state index contributed by atoms with van der Waals surface area (Å²) in [6.45, 7) is 2.71. The van der Waals surface area contributed by atoms with Crippen LogP contribution in [-0.2, 0) is 6.54 Å². The molecule has 0 spiro atoms. The average molecular weight is 381 g/mol. The molecule has 1 aromatic carbocycles. The Hall–Kier alpha value is -2.88. The summed E-state index contributed by atoms with van der Waals surface area (Å²) in [6.07, 6.45) is -0.238. The SMILES string of the molecule is O=C(Nc1cnccn1)N1CCN(Cc2cccc(OC(F)(F)F)c2)CC1. The predicted molar refractivity (Wildman–Crippen MR) is 91.0 cm³/mol. The summed E-state index contributed by atoms with van der Waals surface area (Å²) in [5.41, 5.74) is 0.717. The number of urea groups is 1. The van der Waals surface area contributed by atoms with Crippen molar-refractivity contribution in [3.05, 3.63) is 48.4 Å². The van der Waals surface area contributed by atoms with Crippen molar-refractivity contribution in [2.45, 2.75) is 12.9 Å². The van der Waals surface area contributed by atoms with E-state index in [1.165, 1.54) is 36.8 Å². The number of rotatable bonds is 4. The van der Waals surface area contributed by atoms with Gasteiger partial charge in [-0.15, -0.1) is 13.2 Å². The molecule has 2 aromatic rings. The van der Waals surface area contributed by atoms with Crippen LogP contribution in [-0.4, -0.2) is 58.3 Å². The number of ether oxygens (including phenoxy) is 1. The number of piperazine rings is 1. The van der Waals surface area contributed by atoms with E-state index in [2.05, 4.69) is 24.9 Å². The van der Waals surface area contributed by atoms with Crippen LogP contribution in [0, 0.1) is 0 Å². The van der Waals surface area contributed by atoms with Crippen molar-refractivity contribution in [3.63, 3.8) is 0 Å². The summed E-state index contributed by atoms with van der Waals surface area (Å²) < 4.78 is 40.9. The number of carbonyl (C=O) groups excluding carboxylic acids is 1. The van der Waals surface area contributed by atoms with Crippen molar-refractivity contribution in [2.75, 3.05) is 31.5 Å². The molecular formula is C17H18F3N5O2. The molecule has 0 unspecified atom stereocenters. The molecule has 1 fully saturated rings. The number of nitrogens with one attached hydrogen (secondary N) is 1. The fourth-order valence-corrected chi connectivity index (χ4v) is 2.76. The van der Waals surface area contributed by atoms with Crippen molar-refractivity contribution in [3.8, 4) is 5.75 Å². The maximum atomic E-state index is 12.3. The largest absolute Gasteiger partial charge is 0.573 e. The lowest BCUT2D eigenvalue weighted by atomic mass is 10.2. The number of anilines is 1. The molecule has 27 heavy (non-hydrogen) atoms. The molecule has 2 amide bonds. The molecule has 0 atom stereocenters. The van der Waals surface area contributed by atoms with Crippen LogP contribution in [0.4, 0.5) is 23.8 Å². The third-order valence-electron chi connectivity index (χ3n) is 4.00. The van der Waals surface area contributed by atoms with Gasteiger partial charge in [-0.3, -0.25) is 15.2 Å². The first-order valence-electron chi connectivity index (χ1n) is 8.28. The van der Waals surface area contributed by atoms with Crippen LogP contribution in [0.3, 0.4) is 0 Å². The monoisotopic (exact) mass is 381 g/mol. The topological polar surface area (TPSA) is 70.6 Å². The standard InChI is InChI=1S/C17H18F3N5O2/c18-17(19,20)27-14-3-1-2-13(10-14)12-24-6-8-25(9-7-24)16(26)23-15-11-21-4-5-22-15/h1-5,10-11H,6-9,12H2,(H,22,23,26). The number of hydrogen-bond donors (Lipinski definition) is 1. The molecule has 0 aliphatic carbocycles. The number of carbonyl (C=O) groups is 1. The lowest BCUT2D eigenvalue weighted by Crippen LogP contribution is -2.49. The molecule has 10 heteroatoms. The van der Waals surface area contributed by atoms with Gasteiger partial charge in [-0.2, -0.15) is 0 Å². The second kappa shape index (κ2) is 8.21. The van der Waals surface area contributed by atoms with Gasteiger partial charge in [0.2, 0.25) is 0 Å². The third kappa shape index (κ3) is 5.81. The first-order chi connectivity index (χ1) is 12.9. The Morgan fingerprint density at radius 3 is 2.63 bits per heavy atom. The molecule has 1 aromatic heterocycles. The number of amides is 2. The first kappa shape index (κ1) is 18.9. The van der Waals surface area contributed by atoms with Crippen LogP contribution in [0.2, 0.25) is 0 Å². The fraction of sp³-hybridized carbons (Fsp3) is 0.353. The van der Waals surface area contributed by atoms with E-state index in [4.69, 9.17) is 0 Å². The van der Waals surface area contributed by atoms with Crippen molar-refractivity contribution in [2.24, 2.45) is 0 Å². The Balaban J connectivity index is 1.49. The van der Waals surface area contributed by atoms with E-state index < -0.39 is 6.36 Å². The maximum Gasteiger partial charge on any atom is 0.573 e. The number of halogens is 3. The molecule has 0 radical (unpaired) electrons. The molecule has 7 nitrogen and oxygen atoms in total. The minimum absolute atomic E-state index is 0.234. The number of alkyl halides is 3. The number of benzene rings is 1. The Labute approximate surface area is 153 Å². The van der Waals surface area contributed by atoms with Crippen LogP contribution < -0.4 is 10.1 Å². The molecule has 1 aliphatic rings. The van der Waals surface area contributed by atoms with Crippen LogP contribution in [0.5, 0.6) is 5.75 Å². The smallest absolute Gasteiger partial charge is 0.406 e. The molecule has 0 bridgehead atoms. The molecule has 1 saturated heterocycles. The molecule has 2 heterocycles. The van der Waals surface area contributed by atoms with Crippen molar-refractivity contribution in [1.29, 1.82) is 0 Å². The summed E-state index contributed by atoms with van der Waals surface area (Å²) in [5, 5.41) is 2.68. The number of nitrogens with zero attached hydrogens (tertiary/aromatic N) is 4. The quantitative estimate of drug-likeness (QED) is 0.882. The molecule has 3 rings (SSSR count). The Morgan fingerprint density at radius 2 is 1.96 bits per heavy atom. The highest BCUT2D eigenvalue weighted by Gasteiger charge is 2.31. The van der Waals surface area contributed by atoms with Gasteiger partial charge in [0.25, 0.3) is 0 Å². The molecule has 1 N–H and O–H groups in total. The van der Waals surface area contributed by atoms with E-state index in [-0.39, 0.29) is 11.8 Å². The average Bonchev–Trinajstić information content (AvgIpc) is 2.62. The molecule has 1 aliphatic heterocycles. The highest BCUT2D eigenvalue weighted by molar-refractivity contribution is 5.88. The zero-order valence-corrected chi connectivity index (χ0v) is 14.3. The van der Waals surface area contributed by atoms with Crippen molar-refractivity contribution < 1.29 is 22.7 Å². The maximum absolute atomic E-state index is 12.3. The van der Waals surface area contributed by atoms with Crippen LogP contribution >= 0.6 is 0 Å². The van der Waals surface area contributed by atoms with E-state index in [1.54, 1.807) is 11.0 Å². The predicted octanol–water partition coefficient (Wildman–Crippen LogP) is 2.72. The summed E-state index contributed by atoms with van der Waals surface area (Å²) >= 11 is 0. The van der Waals surface area contributed by atoms with E-state index in [0.29, 0.717) is 44.1 Å². The Kier molecular flexibility index (Phi) is 5.75. The molecule has 144 valence electrons. The Bertz CT molecular complexity index is 765. The van der Waals surface area contributed by atoms with Gasteiger partial charge in [-0.25, -0.2) is 9.78 Å². The van der Waals surface area contributed by atoms with Gasteiger partial charge < -0.3 is 9.64 Å². The van der Waals surface area contributed by atoms with Gasteiger partial charge in [0.05, 0.1) is 6.20 Å². The van der Waals surface area contributed by atoms with E-state index in [9.17, 15) is 18.0 Å². The highest BCUT2D eigenvalue weighted by Crippen LogP contribution is 2.24. The second-order valence-corrected chi connectivity index (χ2v) is 5.98. The summed E-state index contributed by atoms with van der Waals surface area (Å²) in [5.74, 6) is 0.147.